The lowest BCUT2D eigenvalue weighted by Gasteiger charge is -2.21. The monoisotopic (exact) mass is 365 g/mol. The summed E-state index contributed by atoms with van der Waals surface area (Å²) in [5.74, 6) is -0.766. The van der Waals surface area contributed by atoms with Crippen LogP contribution in [0.15, 0.2) is 48.5 Å². The maximum Gasteiger partial charge on any atom is 0.407 e. The third-order valence-corrected chi connectivity index (χ3v) is 5.77. The molecule has 1 amide bonds. The van der Waals surface area contributed by atoms with Crippen LogP contribution in [0.25, 0.3) is 11.1 Å². The van der Waals surface area contributed by atoms with E-state index in [1.54, 1.807) is 0 Å². The van der Waals surface area contributed by atoms with Crippen molar-refractivity contribution in [3.8, 4) is 11.1 Å². The molecule has 2 N–H and O–H groups in total. The van der Waals surface area contributed by atoms with E-state index in [1.807, 2.05) is 31.2 Å². The molecule has 27 heavy (non-hydrogen) atoms. The van der Waals surface area contributed by atoms with Gasteiger partial charge in [0, 0.05) is 5.92 Å². The molecule has 0 aromatic heterocycles. The molecule has 5 nitrogen and oxygen atoms in total. The van der Waals surface area contributed by atoms with E-state index < -0.39 is 18.1 Å². The quantitative estimate of drug-likeness (QED) is 0.811. The van der Waals surface area contributed by atoms with Gasteiger partial charge in [-0.25, -0.2) is 9.59 Å². The predicted molar refractivity (Wildman–Crippen MR) is 102 cm³/mol. The van der Waals surface area contributed by atoms with Crippen molar-refractivity contribution in [3.63, 3.8) is 0 Å². The Labute approximate surface area is 158 Å². The summed E-state index contributed by atoms with van der Waals surface area (Å²) in [5, 5.41) is 12.0. The molecule has 4 rings (SSSR count). The first-order valence-corrected chi connectivity index (χ1v) is 9.40. The SMILES string of the molecule is CC(C1CC1)C(NC(=O)OCC1c2ccccc2-c2ccccc21)C(=O)O. The molecule has 0 radical (unpaired) electrons. The van der Waals surface area contributed by atoms with Crippen LogP contribution >= 0.6 is 0 Å². The fourth-order valence-corrected chi connectivity index (χ4v) is 4.08. The van der Waals surface area contributed by atoms with Crippen LogP contribution in [0.4, 0.5) is 4.79 Å². The first-order chi connectivity index (χ1) is 13.1. The molecule has 2 unspecified atom stereocenters. The summed E-state index contributed by atoms with van der Waals surface area (Å²) in [7, 11) is 0. The maximum absolute atomic E-state index is 12.3. The van der Waals surface area contributed by atoms with Crippen LogP contribution < -0.4 is 5.32 Å². The van der Waals surface area contributed by atoms with E-state index in [4.69, 9.17) is 4.74 Å². The number of carbonyl (C=O) groups is 2. The number of carboxylic acids is 1. The number of ether oxygens (including phenoxy) is 1. The molecule has 0 bridgehead atoms. The average Bonchev–Trinajstić information content (AvgIpc) is 3.47. The third kappa shape index (κ3) is 3.42. The Balaban J connectivity index is 1.45. The van der Waals surface area contributed by atoms with Crippen LogP contribution in [-0.2, 0) is 9.53 Å². The van der Waals surface area contributed by atoms with Crippen LogP contribution in [-0.4, -0.2) is 29.8 Å². The third-order valence-electron chi connectivity index (χ3n) is 5.77. The number of alkyl carbamates (subject to hydrolysis) is 1. The van der Waals surface area contributed by atoms with E-state index >= 15 is 0 Å². The van der Waals surface area contributed by atoms with Gasteiger partial charge in [-0.15, -0.1) is 0 Å². The van der Waals surface area contributed by atoms with Crippen LogP contribution in [0.2, 0.25) is 0 Å². The molecule has 2 aliphatic rings. The Bertz CT molecular complexity index is 829. The minimum atomic E-state index is -1.01. The van der Waals surface area contributed by atoms with Gasteiger partial charge in [0.1, 0.15) is 12.6 Å². The molecule has 2 aliphatic carbocycles. The van der Waals surface area contributed by atoms with E-state index in [0.29, 0.717) is 5.92 Å². The topological polar surface area (TPSA) is 75.6 Å². The van der Waals surface area contributed by atoms with Crippen molar-refractivity contribution in [1.29, 1.82) is 0 Å². The molecule has 1 saturated carbocycles. The molecule has 5 heteroatoms. The van der Waals surface area contributed by atoms with Crippen molar-refractivity contribution in [3.05, 3.63) is 59.7 Å². The zero-order valence-electron chi connectivity index (χ0n) is 15.2. The number of rotatable bonds is 6. The summed E-state index contributed by atoms with van der Waals surface area (Å²) in [5.41, 5.74) is 4.58. The van der Waals surface area contributed by atoms with E-state index in [1.165, 1.54) is 0 Å². The largest absolute Gasteiger partial charge is 0.480 e. The lowest BCUT2D eigenvalue weighted by Crippen LogP contribution is -2.46. The van der Waals surface area contributed by atoms with E-state index in [-0.39, 0.29) is 18.4 Å². The zero-order chi connectivity index (χ0) is 19.0. The molecular formula is C22H23NO4. The van der Waals surface area contributed by atoms with Crippen molar-refractivity contribution in [2.24, 2.45) is 11.8 Å². The molecule has 2 aromatic rings. The summed E-state index contributed by atoms with van der Waals surface area (Å²) in [4.78, 5) is 23.8. The number of benzene rings is 2. The summed E-state index contributed by atoms with van der Waals surface area (Å²) in [6, 6.07) is 15.3. The number of hydrogen-bond donors (Lipinski definition) is 2. The highest BCUT2D eigenvalue weighted by Gasteiger charge is 2.38. The van der Waals surface area contributed by atoms with Gasteiger partial charge in [0.05, 0.1) is 0 Å². The van der Waals surface area contributed by atoms with Crippen molar-refractivity contribution in [2.45, 2.75) is 31.7 Å². The molecule has 1 fully saturated rings. The number of amides is 1. The van der Waals surface area contributed by atoms with E-state index in [0.717, 1.165) is 35.1 Å². The highest BCUT2D eigenvalue weighted by atomic mass is 16.5. The van der Waals surface area contributed by atoms with Crippen molar-refractivity contribution in [1.82, 2.24) is 5.32 Å². The van der Waals surface area contributed by atoms with Crippen LogP contribution in [0.5, 0.6) is 0 Å². The van der Waals surface area contributed by atoms with Gasteiger partial charge >= 0.3 is 12.1 Å². The first-order valence-electron chi connectivity index (χ1n) is 9.40. The molecule has 2 atom stereocenters. The van der Waals surface area contributed by atoms with E-state index in [9.17, 15) is 14.7 Å². The Morgan fingerprint density at radius 1 is 1.07 bits per heavy atom. The Morgan fingerprint density at radius 2 is 1.63 bits per heavy atom. The summed E-state index contributed by atoms with van der Waals surface area (Å²) in [6.07, 6.45) is 1.38. The highest BCUT2D eigenvalue weighted by molar-refractivity contribution is 5.81. The number of nitrogens with one attached hydrogen (secondary N) is 1. The summed E-state index contributed by atoms with van der Waals surface area (Å²) >= 11 is 0. The van der Waals surface area contributed by atoms with Crippen molar-refractivity contribution in [2.75, 3.05) is 6.61 Å². The minimum Gasteiger partial charge on any atom is -0.480 e. The number of fused-ring (bicyclic) bond motifs is 3. The second kappa shape index (κ2) is 7.06. The normalized spacial score (nSPS) is 17.5. The zero-order valence-corrected chi connectivity index (χ0v) is 15.2. The second-order valence-corrected chi connectivity index (χ2v) is 7.48. The van der Waals surface area contributed by atoms with Crippen molar-refractivity contribution >= 4 is 12.1 Å². The molecule has 0 aliphatic heterocycles. The van der Waals surface area contributed by atoms with Gasteiger partial charge in [0.2, 0.25) is 0 Å². The second-order valence-electron chi connectivity index (χ2n) is 7.48. The van der Waals surface area contributed by atoms with Crippen LogP contribution in [0, 0.1) is 11.8 Å². The van der Waals surface area contributed by atoms with Gasteiger partial charge in [-0.1, -0.05) is 55.5 Å². The molecule has 0 saturated heterocycles. The van der Waals surface area contributed by atoms with Crippen LogP contribution in [0.3, 0.4) is 0 Å². The fraction of sp³-hybridized carbons (Fsp3) is 0.364. The van der Waals surface area contributed by atoms with Gasteiger partial charge in [-0.05, 0) is 46.9 Å². The van der Waals surface area contributed by atoms with Crippen LogP contribution in [0.1, 0.15) is 36.8 Å². The van der Waals surface area contributed by atoms with Gasteiger partial charge in [-0.2, -0.15) is 0 Å². The lowest BCUT2D eigenvalue weighted by atomic mass is 9.97. The summed E-state index contributed by atoms with van der Waals surface area (Å²) < 4.78 is 5.46. The number of hydrogen-bond acceptors (Lipinski definition) is 3. The van der Waals surface area contributed by atoms with Gasteiger partial charge in [-0.3, -0.25) is 0 Å². The minimum absolute atomic E-state index is 0.0349. The van der Waals surface area contributed by atoms with Gasteiger partial charge in [0.25, 0.3) is 0 Å². The lowest BCUT2D eigenvalue weighted by molar-refractivity contribution is -0.140. The number of aliphatic carboxylic acids is 1. The number of carboxylic acid groups (broad SMARTS) is 1. The Hall–Kier alpha value is -2.82. The van der Waals surface area contributed by atoms with Gasteiger partial charge < -0.3 is 15.2 Å². The Morgan fingerprint density at radius 3 is 2.15 bits per heavy atom. The molecule has 140 valence electrons. The predicted octanol–water partition coefficient (Wildman–Crippen LogP) is 4.02. The molecular weight excluding hydrogens is 342 g/mol. The smallest absolute Gasteiger partial charge is 0.407 e. The average molecular weight is 365 g/mol. The fourth-order valence-electron chi connectivity index (χ4n) is 4.08. The standard InChI is InChI=1S/C22H23NO4/c1-13(14-10-11-14)20(21(24)25)23-22(26)27-12-19-17-8-4-2-6-15(17)16-7-3-5-9-18(16)19/h2-9,13-14,19-20H,10-12H2,1H3,(H,23,26)(H,24,25). The maximum atomic E-state index is 12.3. The first kappa shape index (κ1) is 17.6. The van der Waals surface area contributed by atoms with Crippen molar-refractivity contribution < 1.29 is 19.4 Å². The number of carbonyl (C=O) groups excluding carboxylic acids is 1. The molecule has 2 aromatic carbocycles. The van der Waals surface area contributed by atoms with Gasteiger partial charge in [0.15, 0.2) is 0 Å². The molecule has 0 spiro atoms. The summed E-state index contributed by atoms with van der Waals surface area (Å²) in [6.45, 7) is 2.06. The molecule has 0 heterocycles. The van der Waals surface area contributed by atoms with E-state index in [2.05, 4.69) is 29.6 Å². The Kier molecular flexibility index (Phi) is 4.60. The highest BCUT2D eigenvalue weighted by Crippen LogP contribution is 2.44.